The summed E-state index contributed by atoms with van der Waals surface area (Å²) in [6.45, 7) is 14.7. The van der Waals surface area contributed by atoms with Gasteiger partial charge in [0, 0.05) is 20.8 Å². The lowest BCUT2D eigenvalue weighted by Gasteiger charge is -2.20. The molecule has 0 saturated heterocycles. The molecule has 1 aromatic rings. The molecule has 1 nitrogen and oxygen atoms in total. The van der Waals surface area contributed by atoms with Gasteiger partial charge >= 0.3 is 0 Å². The predicted octanol–water partition coefficient (Wildman–Crippen LogP) is 6.29. The first kappa shape index (κ1) is 22.1. The molecular weight excluding hydrogens is 336 g/mol. The third kappa shape index (κ3) is 6.68. The summed E-state index contributed by atoms with van der Waals surface area (Å²) in [6, 6.07) is 14.6. The van der Waals surface area contributed by atoms with Gasteiger partial charge in [0.1, 0.15) is 13.8 Å². The molecule has 1 heterocycles. The minimum absolute atomic E-state index is 0.171. The van der Waals surface area contributed by atoms with Gasteiger partial charge in [-0.1, -0.05) is 65.6 Å². The van der Waals surface area contributed by atoms with Crippen LogP contribution in [-0.4, -0.2) is 23.5 Å². The Labute approximate surface area is 159 Å². The van der Waals surface area contributed by atoms with E-state index in [-0.39, 0.29) is 8.80 Å². The summed E-state index contributed by atoms with van der Waals surface area (Å²) < 4.78 is 5.52. The van der Waals surface area contributed by atoms with E-state index in [4.69, 9.17) is 4.74 Å². The topological polar surface area (TPSA) is 9.23 Å². The Hall–Kier alpha value is -0.986. The van der Waals surface area contributed by atoms with E-state index in [1.807, 2.05) is 0 Å². The van der Waals surface area contributed by atoms with E-state index in [1.165, 1.54) is 41.8 Å². The first-order valence-electron chi connectivity index (χ1n) is 10.4. The molecule has 0 spiro atoms. The second-order valence-corrected chi connectivity index (χ2v) is 16.2. The normalized spacial score (nSPS) is 12.6. The molecular formula is C22H38OSi2. The van der Waals surface area contributed by atoms with Crippen LogP contribution in [-0.2, 0) is 6.42 Å². The highest BCUT2D eigenvalue weighted by Gasteiger charge is 2.24. The van der Waals surface area contributed by atoms with Crippen molar-refractivity contribution in [3.05, 3.63) is 29.3 Å². The van der Waals surface area contributed by atoms with Crippen molar-refractivity contribution in [2.75, 3.05) is 6.61 Å². The molecule has 0 atom stereocenters. The highest BCUT2D eigenvalue weighted by Crippen LogP contribution is 2.26. The van der Waals surface area contributed by atoms with Crippen molar-refractivity contribution in [3.8, 4) is 17.2 Å². The van der Waals surface area contributed by atoms with E-state index in [1.54, 1.807) is 0 Å². The van der Waals surface area contributed by atoms with Crippen molar-refractivity contribution in [1.82, 2.24) is 0 Å². The van der Waals surface area contributed by atoms with Gasteiger partial charge in [0.05, 0.1) is 6.61 Å². The van der Waals surface area contributed by atoms with Crippen LogP contribution >= 0.6 is 0 Å². The quantitative estimate of drug-likeness (QED) is 0.420. The molecule has 1 aliphatic rings. The Bertz CT molecular complexity index is 549. The molecule has 0 aliphatic carbocycles. The van der Waals surface area contributed by atoms with E-state index < -0.39 is 8.07 Å². The molecule has 0 N–H and O–H groups in total. The van der Waals surface area contributed by atoms with Crippen LogP contribution in [0.5, 0.6) is 5.75 Å². The monoisotopic (exact) mass is 374 g/mol. The van der Waals surface area contributed by atoms with Crippen LogP contribution in [0.4, 0.5) is 0 Å². The average molecular weight is 375 g/mol. The lowest BCUT2D eigenvalue weighted by molar-refractivity contribution is 0.357. The number of rotatable bonds is 6. The molecule has 0 unspecified atom stereocenters. The van der Waals surface area contributed by atoms with Gasteiger partial charge in [-0.25, -0.2) is 0 Å². The molecule has 3 heteroatoms. The Morgan fingerprint density at radius 3 is 2.04 bits per heavy atom. The van der Waals surface area contributed by atoms with Gasteiger partial charge in [0.2, 0.25) is 0 Å². The number of ether oxygens (including phenoxy) is 1. The maximum Gasteiger partial charge on any atom is 0.138 e. The Morgan fingerprint density at radius 2 is 1.56 bits per heavy atom. The summed E-state index contributed by atoms with van der Waals surface area (Å²) in [5.74, 6) is 4.47. The summed E-state index contributed by atoms with van der Waals surface area (Å²) in [5, 5.41) is 0. The third-order valence-electron chi connectivity index (χ3n) is 5.92. The van der Waals surface area contributed by atoms with Gasteiger partial charge in [0.15, 0.2) is 0 Å². The molecule has 0 aromatic heterocycles. The van der Waals surface area contributed by atoms with E-state index >= 15 is 0 Å². The second kappa shape index (κ2) is 11.6. The second-order valence-electron chi connectivity index (χ2n) is 7.10. The van der Waals surface area contributed by atoms with Gasteiger partial charge in [-0.2, -0.15) is 0 Å². The van der Waals surface area contributed by atoms with Crippen LogP contribution in [0.1, 0.15) is 52.7 Å². The summed E-state index contributed by atoms with van der Waals surface area (Å²) in [5.41, 5.74) is 6.11. The van der Waals surface area contributed by atoms with Gasteiger partial charge in [-0.15, -0.1) is 5.54 Å². The molecule has 25 heavy (non-hydrogen) atoms. The zero-order valence-corrected chi connectivity index (χ0v) is 19.5. The minimum Gasteiger partial charge on any atom is -0.493 e. The predicted molar refractivity (Wildman–Crippen MR) is 118 cm³/mol. The van der Waals surface area contributed by atoms with E-state index in [0.29, 0.717) is 0 Å². The fraction of sp³-hybridized carbons (Fsp3) is 0.636. The van der Waals surface area contributed by atoms with E-state index in [9.17, 15) is 0 Å². The number of fused-ring (bicyclic) bond motifs is 1. The maximum atomic E-state index is 5.52. The van der Waals surface area contributed by atoms with Gasteiger partial charge in [-0.3, -0.25) is 0 Å². The zero-order valence-electron chi connectivity index (χ0n) is 17.4. The van der Waals surface area contributed by atoms with Crippen LogP contribution in [0.3, 0.4) is 0 Å². The SMILES string of the molecule is CC[SiH](CC)CC.CC[Si](C#Cc1ccc2c(c1)CCO2)(CC)CC. The molecule has 1 aromatic carbocycles. The summed E-state index contributed by atoms with van der Waals surface area (Å²) in [7, 11) is -1.49. The van der Waals surface area contributed by atoms with Crippen molar-refractivity contribution in [1.29, 1.82) is 0 Å². The largest absolute Gasteiger partial charge is 0.493 e. The molecule has 0 bridgehead atoms. The minimum atomic E-state index is -1.32. The molecule has 0 amide bonds. The van der Waals surface area contributed by atoms with E-state index in [2.05, 4.69) is 71.2 Å². The van der Waals surface area contributed by atoms with Crippen molar-refractivity contribution in [2.24, 2.45) is 0 Å². The zero-order chi connectivity index (χ0) is 18.7. The Morgan fingerprint density at radius 1 is 0.960 bits per heavy atom. The van der Waals surface area contributed by atoms with Gasteiger partial charge < -0.3 is 4.74 Å². The standard InChI is InChI=1S/C16H22OSi.C6H16Si/c1-4-18(5-2,6-3)12-10-14-7-8-16-15(13-14)9-11-17-16;1-4-7(5-2)6-3/h7-8,13H,4-6,9,11H2,1-3H3;7H,4-6H2,1-3H3. The number of benzene rings is 1. The van der Waals surface area contributed by atoms with E-state index in [0.717, 1.165) is 24.3 Å². The van der Waals surface area contributed by atoms with Crippen LogP contribution in [0.2, 0.25) is 36.3 Å². The lowest BCUT2D eigenvalue weighted by Crippen LogP contribution is -2.29. The smallest absolute Gasteiger partial charge is 0.138 e. The van der Waals surface area contributed by atoms with Crippen molar-refractivity contribution in [2.45, 2.75) is 84.2 Å². The number of hydrogen-bond donors (Lipinski definition) is 0. The molecule has 2 rings (SSSR count). The summed E-state index contributed by atoms with van der Waals surface area (Å²) in [4.78, 5) is 0. The highest BCUT2D eigenvalue weighted by atomic mass is 28.3. The number of hydrogen-bond acceptors (Lipinski definition) is 1. The summed E-state index contributed by atoms with van der Waals surface area (Å²) in [6.07, 6.45) is 1.03. The van der Waals surface area contributed by atoms with Crippen LogP contribution < -0.4 is 4.74 Å². The van der Waals surface area contributed by atoms with Crippen molar-refractivity contribution < 1.29 is 4.74 Å². The molecule has 1 aliphatic heterocycles. The van der Waals surface area contributed by atoms with Gasteiger partial charge in [0.25, 0.3) is 0 Å². The van der Waals surface area contributed by atoms with Crippen LogP contribution in [0.15, 0.2) is 18.2 Å². The fourth-order valence-corrected chi connectivity index (χ4v) is 7.52. The molecule has 0 saturated carbocycles. The lowest BCUT2D eigenvalue weighted by atomic mass is 10.1. The summed E-state index contributed by atoms with van der Waals surface area (Å²) >= 11 is 0. The molecule has 0 radical (unpaired) electrons. The Kier molecular flexibility index (Phi) is 10.2. The van der Waals surface area contributed by atoms with Crippen molar-refractivity contribution >= 4 is 16.9 Å². The Balaban J connectivity index is 0.000000381. The van der Waals surface area contributed by atoms with Crippen molar-refractivity contribution in [3.63, 3.8) is 0 Å². The molecule has 0 fully saturated rings. The van der Waals surface area contributed by atoms with Crippen LogP contribution in [0.25, 0.3) is 0 Å². The third-order valence-corrected chi connectivity index (χ3v) is 14.1. The first-order chi connectivity index (χ1) is 12.1. The highest BCUT2D eigenvalue weighted by molar-refractivity contribution is 6.87. The van der Waals surface area contributed by atoms with Gasteiger partial charge in [-0.05, 0) is 41.9 Å². The molecule has 140 valence electrons. The first-order valence-corrected chi connectivity index (χ1v) is 15.4. The van der Waals surface area contributed by atoms with Crippen LogP contribution in [0, 0.1) is 11.5 Å². The fourth-order valence-electron chi connectivity index (χ4n) is 3.35. The maximum absolute atomic E-state index is 5.52. The average Bonchev–Trinajstić information content (AvgIpc) is 3.13.